The summed E-state index contributed by atoms with van der Waals surface area (Å²) in [5, 5.41) is 14.2. The highest BCUT2D eigenvalue weighted by atomic mass is 32.2. The summed E-state index contributed by atoms with van der Waals surface area (Å²) < 4.78 is 15.4. The zero-order valence-electron chi connectivity index (χ0n) is 32.6. The Kier molecular flexibility index (Phi) is 18.6. The molecule has 0 saturated carbocycles. The van der Waals surface area contributed by atoms with E-state index in [1.807, 2.05) is 85.9 Å². The second-order valence-corrected chi connectivity index (χ2v) is 15.2. The largest absolute Gasteiger partial charge is 0.480 e. The third-order valence-electron chi connectivity index (χ3n) is 7.43. The van der Waals surface area contributed by atoms with Crippen LogP contribution >= 0.6 is 11.8 Å². The first-order chi connectivity index (χ1) is 24.1. The summed E-state index contributed by atoms with van der Waals surface area (Å²) in [7, 11) is 0. The minimum absolute atomic E-state index is 0.144. The van der Waals surface area contributed by atoms with E-state index in [1.165, 1.54) is 11.8 Å². The molecule has 0 saturated heterocycles. The molecule has 2 aromatic carbocycles. The van der Waals surface area contributed by atoms with Crippen molar-refractivity contribution < 1.29 is 48.1 Å². The number of Topliss-reactive ketones (excluding diaryl/α,β-unsaturated/α-hetero) is 1. The zero-order chi connectivity index (χ0) is 39.9. The van der Waals surface area contributed by atoms with Crippen LogP contribution in [0.25, 0.3) is 0 Å². The first kappa shape index (κ1) is 45.6. The maximum Gasteiger partial charge on any atom is 0.408 e. The molecule has 0 radical (unpaired) electrons. The standard InChI is InChI=1S/C23H26O5.C16H30N2O5S/c1-13-7-15(3)20(16(4)8-13)22(25)27-11-19(24)12-28-23(26)21-17(5)9-14(2)10-18(21)6;1-10(2)9-12(18-15(22)23-16(3,4)5)13(19)17-11(14(20)21)7-8-24-6/h7-10H,11-12H2,1-6H3;10-12H,7-9H2,1-6H3,(H,17,19)(H,18,22)(H,20,21)/t;11-,12-/m.0/s1. The number of aliphatic carboxylic acids is 1. The average molecular weight is 745 g/mol. The van der Waals surface area contributed by atoms with Crippen LogP contribution in [0.1, 0.15) is 102 Å². The van der Waals surface area contributed by atoms with E-state index in [1.54, 1.807) is 20.8 Å². The zero-order valence-corrected chi connectivity index (χ0v) is 33.4. The van der Waals surface area contributed by atoms with Gasteiger partial charge in [-0.05, 0) is 115 Å². The Balaban J connectivity index is 0.000000528. The van der Waals surface area contributed by atoms with Crippen LogP contribution in [0.3, 0.4) is 0 Å². The molecule has 2 aromatic rings. The fraction of sp³-hybridized carbons (Fsp3) is 0.538. The molecule has 2 amide bonds. The van der Waals surface area contributed by atoms with Gasteiger partial charge in [0.2, 0.25) is 11.7 Å². The van der Waals surface area contributed by atoms with Crippen LogP contribution in [0.4, 0.5) is 4.79 Å². The molecular formula is C39H56N2O10S. The predicted octanol–water partition coefficient (Wildman–Crippen LogP) is 6.37. The molecule has 0 bridgehead atoms. The molecule has 52 heavy (non-hydrogen) atoms. The van der Waals surface area contributed by atoms with E-state index < -0.39 is 66.6 Å². The predicted molar refractivity (Wildman–Crippen MR) is 202 cm³/mol. The number of carboxylic acid groups (broad SMARTS) is 1. The normalized spacial score (nSPS) is 12.1. The van der Waals surface area contributed by atoms with Gasteiger partial charge in [0, 0.05) is 0 Å². The molecule has 0 fully saturated rings. The summed E-state index contributed by atoms with van der Waals surface area (Å²) in [6.45, 7) is 19.3. The Hall–Kier alpha value is -4.39. The molecule has 0 unspecified atom stereocenters. The molecule has 2 rings (SSSR count). The van der Waals surface area contributed by atoms with E-state index in [9.17, 15) is 33.9 Å². The molecule has 0 aliphatic carbocycles. The fourth-order valence-electron chi connectivity index (χ4n) is 5.40. The van der Waals surface area contributed by atoms with Crippen molar-refractivity contribution in [2.45, 2.75) is 107 Å². The molecule has 0 aliphatic rings. The van der Waals surface area contributed by atoms with Gasteiger partial charge in [-0.15, -0.1) is 0 Å². The molecule has 3 N–H and O–H groups in total. The highest BCUT2D eigenvalue weighted by molar-refractivity contribution is 7.98. The van der Waals surface area contributed by atoms with Crippen LogP contribution in [-0.2, 0) is 28.6 Å². The Morgan fingerprint density at radius 1 is 0.731 bits per heavy atom. The van der Waals surface area contributed by atoms with Gasteiger partial charge in [-0.25, -0.2) is 19.2 Å². The second kappa shape index (κ2) is 21.2. The van der Waals surface area contributed by atoms with Gasteiger partial charge in [-0.1, -0.05) is 49.2 Å². The van der Waals surface area contributed by atoms with Gasteiger partial charge >= 0.3 is 24.0 Å². The fourth-order valence-corrected chi connectivity index (χ4v) is 5.87. The van der Waals surface area contributed by atoms with Crippen molar-refractivity contribution in [2.75, 3.05) is 25.2 Å². The molecule has 0 heterocycles. The summed E-state index contributed by atoms with van der Waals surface area (Å²) in [6.07, 6.45) is 1.88. The number of rotatable bonds is 15. The summed E-state index contributed by atoms with van der Waals surface area (Å²) in [5.41, 5.74) is 5.54. The smallest absolute Gasteiger partial charge is 0.408 e. The van der Waals surface area contributed by atoms with E-state index in [0.717, 1.165) is 33.4 Å². The third kappa shape index (κ3) is 16.3. The number of hydrogen-bond acceptors (Lipinski definition) is 10. The van der Waals surface area contributed by atoms with E-state index >= 15 is 0 Å². The lowest BCUT2D eigenvalue weighted by Crippen LogP contribution is -2.52. The molecule has 288 valence electrons. The minimum Gasteiger partial charge on any atom is -0.480 e. The Labute approximate surface area is 312 Å². The van der Waals surface area contributed by atoms with Crippen molar-refractivity contribution in [1.29, 1.82) is 0 Å². The van der Waals surface area contributed by atoms with Crippen molar-refractivity contribution in [2.24, 2.45) is 5.92 Å². The van der Waals surface area contributed by atoms with Crippen molar-refractivity contribution >= 4 is 47.5 Å². The van der Waals surface area contributed by atoms with E-state index in [2.05, 4.69) is 10.6 Å². The highest BCUT2D eigenvalue weighted by Crippen LogP contribution is 2.19. The van der Waals surface area contributed by atoms with Crippen LogP contribution < -0.4 is 10.6 Å². The molecule has 0 aliphatic heterocycles. The minimum atomic E-state index is -1.09. The number of alkyl carbamates (subject to hydrolysis) is 1. The number of ether oxygens (including phenoxy) is 3. The van der Waals surface area contributed by atoms with Crippen molar-refractivity contribution in [3.63, 3.8) is 0 Å². The quantitative estimate of drug-likeness (QED) is 0.137. The maximum atomic E-state index is 12.4. The Morgan fingerprint density at radius 3 is 1.50 bits per heavy atom. The van der Waals surface area contributed by atoms with Gasteiger partial charge in [-0.3, -0.25) is 9.59 Å². The van der Waals surface area contributed by atoms with Gasteiger partial charge in [0.05, 0.1) is 11.1 Å². The van der Waals surface area contributed by atoms with Crippen molar-refractivity contribution in [1.82, 2.24) is 10.6 Å². The summed E-state index contributed by atoms with van der Waals surface area (Å²) >= 11 is 1.51. The first-order valence-electron chi connectivity index (χ1n) is 17.1. The van der Waals surface area contributed by atoms with Gasteiger partial charge in [0.25, 0.3) is 0 Å². The summed E-state index contributed by atoms with van der Waals surface area (Å²) in [6, 6.07) is 5.74. The van der Waals surface area contributed by atoms with Gasteiger partial charge in [-0.2, -0.15) is 11.8 Å². The number of carboxylic acids is 1. The van der Waals surface area contributed by atoms with Crippen LogP contribution in [-0.4, -0.2) is 83.7 Å². The lowest BCUT2D eigenvalue weighted by molar-refractivity contribution is -0.142. The monoisotopic (exact) mass is 744 g/mol. The SMILES string of the molecule is CSCC[C@H](NC(=O)[C@H](CC(C)C)NC(=O)OC(C)(C)C)C(=O)O.Cc1cc(C)c(C(=O)OCC(=O)COC(=O)c2c(C)cc(C)cc2C)c(C)c1. The Bertz CT molecular complexity index is 1470. The van der Waals surface area contributed by atoms with E-state index in [0.29, 0.717) is 29.7 Å². The third-order valence-corrected chi connectivity index (χ3v) is 8.07. The molecule has 0 spiro atoms. The number of nitrogens with one attached hydrogen (secondary N) is 2. The second-order valence-electron chi connectivity index (χ2n) is 14.2. The molecular weight excluding hydrogens is 688 g/mol. The number of ketones is 1. The van der Waals surface area contributed by atoms with Crippen LogP contribution in [0, 0.1) is 47.5 Å². The van der Waals surface area contributed by atoms with Crippen molar-refractivity contribution in [3.05, 3.63) is 68.8 Å². The highest BCUT2D eigenvalue weighted by Gasteiger charge is 2.28. The number of carbonyl (C=O) groups excluding carboxylic acids is 5. The number of thioether (sulfide) groups is 1. The van der Waals surface area contributed by atoms with Crippen LogP contribution in [0.2, 0.25) is 0 Å². The molecule has 2 atom stereocenters. The number of amides is 2. The number of hydrogen-bond donors (Lipinski definition) is 3. The number of esters is 2. The van der Waals surface area contributed by atoms with Crippen molar-refractivity contribution in [3.8, 4) is 0 Å². The molecule has 12 nitrogen and oxygen atoms in total. The van der Waals surface area contributed by atoms with E-state index in [4.69, 9.17) is 14.2 Å². The van der Waals surface area contributed by atoms with Crippen LogP contribution in [0.15, 0.2) is 24.3 Å². The summed E-state index contributed by atoms with van der Waals surface area (Å²) in [4.78, 5) is 72.2. The molecule has 0 aromatic heterocycles. The topological polar surface area (TPSA) is 174 Å². The lowest BCUT2D eigenvalue weighted by atomic mass is 10.00. The average Bonchev–Trinajstić information content (AvgIpc) is 2.98. The summed E-state index contributed by atoms with van der Waals surface area (Å²) in [5.74, 6) is -2.43. The number of benzene rings is 2. The van der Waals surface area contributed by atoms with Gasteiger partial charge in [0.1, 0.15) is 17.7 Å². The van der Waals surface area contributed by atoms with E-state index in [-0.39, 0.29) is 5.92 Å². The van der Waals surface area contributed by atoms with Crippen LogP contribution in [0.5, 0.6) is 0 Å². The first-order valence-corrected chi connectivity index (χ1v) is 18.5. The Morgan fingerprint density at radius 2 is 1.15 bits per heavy atom. The lowest BCUT2D eigenvalue weighted by Gasteiger charge is -2.25. The maximum absolute atomic E-state index is 12.4. The number of carbonyl (C=O) groups is 6. The van der Waals surface area contributed by atoms with Gasteiger partial charge < -0.3 is 30.0 Å². The molecule has 13 heteroatoms. The van der Waals surface area contributed by atoms with Gasteiger partial charge in [0.15, 0.2) is 13.2 Å². The number of aryl methyl sites for hydroxylation is 6.